The smallest absolute Gasteiger partial charge is 0.293 e. The Morgan fingerprint density at radius 1 is 1.48 bits per heavy atom. The third-order valence-electron chi connectivity index (χ3n) is 3.55. The first kappa shape index (κ1) is 15.7. The highest BCUT2D eigenvalue weighted by molar-refractivity contribution is 7.89. The van der Waals surface area contributed by atoms with Crippen molar-refractivity contribution in [2.24, 2.45) is 5.92 Å². The molecule has 1 atom stereocenters. The van der Waals surface area contributed by atoms with E-state index in [1.54, 1.807) is 13.8 Å². The van der Waals surface area contributed by atoms with E-state index in [4.69, 9.17) is 5.73 Å². The molecule has 7 nitrogen and oxygen atoms in total. The van der Waals surface area contributed by atoms with Gasteiger partial charge in [-0.2, -0.15) is 0 Å². The van der Waals surface area contributed by atoms with Crippen LogP contribution in [0.15, 0.2) is 17.0 Å². The Balaban J connectivity index is 2.29. The molecular weight excluding hydrogens is 294 g/mol. The van der Waals surface area contributed by atoms with E-state index in [2.05, 4.69) is 4.72 Å². The van der Waals surface area contributed by atoms with Gasteiger partial charge in [-0.05, 0) is 37.8 Å². The molecule has 2 rings (SSSR count). The number of rotatable bonds is 6. The summed E-state index contributed by atoms with van der Waals surface area (Å²) in [4.78, 5) is 10.1. The van der Waals surface area contributed by atoms with Crippen molar-refractivity contribution in [3.05, 3.63) is 27.8 Å². The Labute approximate surface area is 123 Å². The monoisotopic (exact) mass is 313 g/mol. The molecule has 0 heterocycles. The van der Waals surface area contributed by atoms with Gasteiger partial charge in [0.15, 0.2) is 0 Å². The lowest BCUT2D eigenvalue weighted by molar-refractivity contribution is -0.384. The first-order chi connectivity index (χ1) is 9.70. The highest BCUT2D eigenvalue weighted by Gasteiger charge is 2.28. The van der Waals surface area contributed by atoms with Gasteiger partial charge < -0.3 is 5.73 Å². The predicted molar refractivity (Wildman–Crippen MR) is 79.4 cm³/mol. The predicted octanol–water partition coefficient (Wildman–Crippen LogP) is 1.95. The van der Waals surface area contributed by atoms with E-state index >= 15 is 0 Å². The molecule has 0 saturated heterocycles. The largest absolute Gasteiger partial charge is 0.393 e. The lowest BCUT2D eigenvalue weighted by atomic mass is 10.2. The van der Waals surface area contributed by atoms with Gasteiger partial charge in [0.25, 0.3) is 5.69 Å². The lowest BCUT2D eigenvalue weighted by Gasteiger charge is -2.15. The Bertz CT molecular complexity index is 668. The molecular formula is C13H19N3O4S. The van der Waals surface area contributed by atoms with Crippen LogP contribution in [0.3, 0.4) is 0 Å². The second-order valence-electron chi connectivity index (χ2n) is 5.64. The molecule has 1 unspecified atom stereocenters. The van der Waals surface area contributed by atoms with Crippen molar-refractivity contribution in [2.45, 2.75) is 44.0 Å². The number of hydrogen-bond acceptors (Lipinski definition) is 5. The molecule has 8 heteroatoms. The fraction of sp³-hybridized carbons (Fsp3) is 0.538. The van der Waals surface area contributed by atoms with Gasteiger partial charge in [0.05, 0.1) is 9.82 Å². The van der Waals surface area contributed by atoms with Gasteiger partial charge in [-0.1, -0.05) is 12.8 Å². The molecule has 0 bridgehead atoms. The number of sulfonamides is 1. The molecule has 0 radical (unpaired) electrons. The molecule has 1 aromatic rings. The van der Waals surface area contributed by atoms with Gasteiger partial charge in [0.1, 0.15) is 5.69 Å². The third-order valence-corrected chi connectivity index (χ3v) is 5.28. The summed E-state index contributed by atoms with van der Waals surface area (Å²) in [7, 11) is -3.79. The molecule has 0 spiro atoms. The van der Waals surface area contributed by atoms with E-state index in [1.165, 1.54) is 6.07 Å². The van der Waals surface area contributed by atoms with Crippen LogP contribution >= 0.6 is 0 Å². The van der Waals surface area contributed by atoms with Crippen LogP contribution in [0.1, 0.15) is 31.7 Å². The topological polar surface area (TPSA) is 115 Å². The number of aryl methyl sites for hydroxylation is 1. The van der Waals surface area contributed by atoms with Crippen LogP contribution in [0.5, 0.6) is 0 Å². The van der Waals surface area contributed by atoms with Crippen molar-refractivity contribution in [2.75, 3.05) is 5.73 Å². The molecule has 0 aliphatic heterocycles. The number of nitrogens with two attached hydrogens (primary N) is 1. The van der Waals surface area contributed by atoms with Crippen molar-refractivity contribution >= 4 is 21.4 Å². The van der Waals surface area contributed by atoms with Crippen molar-refractivity contribution in [1.82, 2.24) is 4.72 Å². The number of nitro benzene ring substituents is 1. The number of benzene rings is 1. The maximum absolute atomic E-state index is 12.4. The summed E-state index contributed by atoms with van der Waals surface area (Å²) in [6.07, 6.45) is 3.06. The van der Waals surface area contributed by atoms with Crippen LogP contribution in [-0.2, 0) is 10.0 Å². The van der Waals surface area contributed by atoms with Crippen LogP contribution < -0.4 is 10.5 Å². The van der Waals surface area contributed by atoms with Crippen LogP contribution in [0.25, 0.3) is 0 Å². The molecule has 116 valence electrons. The zero-order valence-corrected chi connectivity index (χ0v) is 12.8. The standard InChI is InChI=1S/C13H19N3O4S/c1-8-5-11(14)12(16(17)18)7-13(8)21(19,20)15-9(2)6-10-3-4-10/h5,7,9-10,15H,3-4,6,14H2,1-2H3. The molecule has 1 aromatic carbocycles. The second kappa shape index (κ2) is 5.61. The van der Waals surface area contributed by atoms with Crippen LogP contribution in [0.4, 0.5) is 11.4 Å². The highest BCUT2D eigenvalue weighted by atomic mass is 32.2. The van der Waals surface area contributed by atoms with E-state index in [-0.39, 0.29) is 16.6 Å². The summed E-state index contributed by atoms with van der Waals surface area (Å²) in [5.41, 5.74) is 5.51. The number of hydrogen-bond donors (Lipinski definition) is 2. The van der Waals surface area contributed by atoms with Crippen LogP contribution in [0, 0.1) is 23.0 Å². The molecule has 1 fully saturated rings. The SMILES string of the molecule is Cc1cc(N)c([N+](=O)[O-])cc1S(=O)(=O)NC(C)CC1CC1. The summed E-state index contributed by atoms with van der Waals surface area (Å²) < 4.78 is 27.3. The van der Waals surface area contributed by atoms with E-state index in [0.717, 1.165) is 25.3 Å². The normalized spacial score (nSPS) is 16.7. The fourth-order valence-electron chi connectivity index (χ4n) is 2.38. The van der Waals surface area contributed by atoms with Gasteiger partial charge in [0, 0.05) is 12.1 Å². The third kappa shape index (κ3) is 3.70. The molecule has 1 saturated carbocycles. The lowest BCUT2D eigenvalue weighted by Crippen LogP contribution is -2.33. The first-order valence-corrected chi connectivity index (χ1v) is 8.26. The number of nitro groups is 1. The minimum atomic E-state index is -3.79. The number of anilines is 1. The van der Waals surface area contributed by atoms with Gasteiger partial charge in [-0.25, -0.2) is 13.1 Å². The highest BCUT2D eigenvalue weighted by Crippen LogP contribution is 2.34. The summed E-state index contributed by atoms with van der Waals surface area (Å²) >= 11 is 0. The Morgan fingerprint density at radius 3 is 2.62 bits per heavy atom. The van der Waals surface area contributed by atoms with Gasteiger partial charge in [0.2, 0.25) is 10.0 Å². The Hall–Kier alpha value is -1.67. The average molecular weight is 313 g/mol. The van der Waals surface area contributed by atoms with E-state index < -0.39 is 20.6 Å². The van der Waals surface area contributed by atoms with E-state index in [0.29, 0.717) is 11.5 Å². The Morgan fingerprint density at radius 2 is 2.10 bits per heavy atom. The number of nitrogens with one attached hydrogen (secondary N) is 1. The molecule has 1 aliphatic carbocycles. The average Bonchev–Trinajstić information content (AvgIpc) is 3.10. The number of nitrogens with zero attached hydrogens (tertiary/aromatic N) is 1. The maximum Gasteiger partial charge on any atom is 0.293 e. The summed E-state index contributed by atoms with van der Waals surface area (Å²) in [5.74, 6) is 0.588. The van der Waals surface area contributed by atoms with E-state index in [1.807, 2.05) is 0 Å². The summed E-state index contributed by atoms with van der Waals surface area (Å²) in [6.45, 7) is 3.37. The number of nitrogen functional groups attached to an aromatic ring is 1. The second-order valence-corrected chi connectivity index (χ2v) is 7.32. The van der Waals surface area contributed by atoms with Crippen LogP contribution in [0.2, 0.25) is 0 Å². The van der Waals surface area contributed by atoms with Gasteiger partial charge in [-0.3, -0.25) is 10.1 Å². The van der Waals surface area contributed by atoms with Crippen molar-refractivity contribution < 1.29 is 13.3 Å². The van der Waals surface area contributed by atoms with Gasteiger partial charge >= 0.3 is 0 Å². The minimum absolute atomic E-state index is 0.0394. The summed E-state index contributed by atoms with van der Waals surface area (Å²) in [5, 5.41) is 10.9. The van der Waals surface area contributed by atoms with Gasteiger partial charge in [-0.15, -0.1) is 0 Å². The van der Waals surface area contributed by atoms with E-state index in [9.17, 15) is 18.5 Å². The molecule has 1 aliphatic rings. The molecule has 0 aromatic heterocycles. The van der Waals surface area contributed by atoms with Crippen molar-refractivity contribution in [3.8, 4) is 0 Å². The molecule has 21 heavy (non-hydrogen) atoms. The molecule has 3 N–H and O–H groups in total. The zero-order chi connectivity index (χ0) is 15.8. The molecule has 0 amide bonds. The first-order valence-electron chi connectivity index (χ1n) is 6.77. The maximum atomic E-state index is 12.4. The summed E-state index contributed by atoms with van der Waals surface area (Å²) in [6, 6.07) is 2.15. The quantitative estimate of drug-likeness (QED) is 0.473. The van der Waals surface area contributed by atoms with Crippen molar-refractivity contribution in [3.63, 3.8) is 0 Å². The zero-order valence-electron chi connectivity index (χ0n) is 12.0. The van der Waals surface area contributed by atoms with Crippen molar-refractivity contribution in [1.29, 1.82) is 0 Å². The minimum Gasteiger partial charge on any atom is -0.393 e. The fourth-order valence-corrected chi connectivity index (χ4v) is 3.88. The van der Waals surface area contributed by atoms with Crippen LogP contribution in [-0.4, -0.2) is 19.4 Å². The Kier molecular flexibility index (Phi) is 4.20.